The molecule has 0 aliphatic heterocycles. The highest BCUT2D eigenvalue weighted by Crippen LogP contribution is 2.48. The number of sulfonamides is 1. The maximum absolute atomic E-state index is 13.1. The molecule has 3 aromatic carbocycles. The van der Waals surface area contributed by atoms with Crippen LogP contribution in [0.15, 0.2) is 65.1 Å². The molecular weight excluding hydrogens is 501 g/mol. The molecule has 1 fully saturated rings. The fraction of sp³-hybridized carbons (Fsp3) is 0.222. The van der Waals surface area contributed by atoms with Crippen LogP contribution in [0, 0.1) is 5.82 Å². The van der Waals surface area contributed by atoms with Crippen LogP contribution < -0.4 is 9.04 Å². The molecule has 8 nitrogen and oxygen atoms in total. The van der Waals surface area contributed by atoms with Crippen LogP contribution >= 0.6 is 0 Å². The maximum Gasteiger partial charge on any atom is 0.340 e. The molecule has 0 bridgehead atoms. The second-order valence-corrected chi connectivity index (χ2v) is 10.8. The van der Waals surface area contributed by atoms with E-state index in [-0.39, 0.29) is 41.8 Å². The lowest BCUT2D eigenvalue weighted by molar-refractivity contribution is 0.0699. The first-order valence-corrected chi connectivity index (χ1v) is 13.5. The molecule has 2 N–H and O–H groups in total. The highest BCUT2D eigenvalue weighted by atomic mass is 32.2. The molecule has 0 unspecified atom stereocenters. The standard InChI is InChI=1S/C27H24FNO7S/c1-37(33,34)29(12-13-30)23-15-24-22(14-21(23)16-2-3-16)25(27(31)32)26(36-24)17-4-8-19(9-5-17)35-20-10-6-18(28)7-11-20/h4-11,14-16,30H,2-3,12-13H2,1H3,(H,31,32). The van der Waals surface area contributed by atoms with Gasteiger partial charge in [-0.1, -0.05) is 0 Å². The number of fused-ring (bicyclic) bond motifs is 1. The molecular formula is C27H24FNO7S. The number of anilines is 1. The number of nitrogens with zero attached hydrogens (tertiary/aromatic N) is 1. The average Bonchev–Trinajstić information content (AvgIpc) is 3.63. The Balaban J connectivity index is 1.59. The third-order valence-corrected chi connectivity index (χ3v) is 7.39. The lowest BCUT2D eigenvalue weighted by Crippen LogP contribution is -2.33. The van der Waals surface area contributed by atoms with Crippen LogP contribution in [-0.4, -0.2) is 44.0 Å². The minimum absolute atomic E-state index is 0.0243. The number of carbonyl (C=O) groups is 1. The first kappa shape index (κ1) is 24.8. The Morgan fingerprint density at radius 1 is 1.08 bits per heavy atom. The number of furan rings is 1. The summed E-state index contributed by atoms with van der Waals surface area (Å²) in [4.78, 5) is 12.3. The number of aliphatic hydroxyl groups excluding tert-OH is 1. The van der Waals surface area contributed by atoms with Gasteiger partial charge in [-0.3, -0.25) is 4.31 Å². The van der Waals surface area contributed by atoms with Gasteiger partial charge in [0.15, 0.2) is 0 Å². The number of rotatable bonds is 9. The first-order valence-electron chi connectivity index (χ1n) is 11.6. The van der Waals surface area contributed by atoms with Gasteiger partial charge < -0.3 is 19.4 Å². The Morgan fingerprint density at radius 3 is 2.24 bits per heavy atom. The lowest BCUT2D eigenvalue weighted by atomic mass is 10.0. The van der Waals surface area contributed by atoms with Gasteiger partial charge in [-0.25, -0.2) is 17.6 Å². The Kier molecular flexibility index (Phi) is 6.38. The minimum atomic E-state index is -3.70. The van der Waals surface area contributed by atoms with Crippen LogP contribution in [0.3, 0.4) is 0 Å². The van der Waals surface area contributed by atoms with Gasteiger partial charge in [-0.2, -0.15) is 0 Å². The van der Waals surface area contributed by atoms with Crippen LogP contribution in [0.25, 0.3) is 22.3 Å². The largest absolute Gasteiger partial charge is 0.478 e. The van der Waals surface area contributed by atoms with E-state index in [2.05, 4.69) is 0 Å². The summed E-state index contributed by atoms with van der Waals surface area (Å²) < 4.78 is 51.0. The molecule has 37 heavy (non-hydrogen) atoms. The summed E-state index contributed by atoms with van der Waals surface area (Å²) in [5.74, 6) is -0.409. The molecule has 1 aliphatic carbocycles. The Hall–Kier alpha value is -3.89. The fourth-order valence-electron chi connectivity index (χ4n) is 4.37. The van der Waals surface area contributed by atoms with Crippen molar-refractivity contribution >= 4 is 32.6 Å². The predicted molar refractivity (Wildman–Crippen MR) is 136 cm³/mol. The van der Waals surface area contributed by atoms with E-state index in [1.165, 1.54) is 24.3 Å². The van der Waals surface area contributed by atoms with Crippen molar-refractivity contribution in [1.82, 2.24) is 0 Å². The van der Waals surface area contributed by atoms with Crippen LogP contribution in [0.4, 0.5) is 10.1 Å². The zero-order chi connectivity index (χ0) is 26.3. The maximum atomic E-state index is 13.1. The molecule has 4 aromatic rings. The number of aliphatic hydroxyl groups is 1. The number of hydrogen-bond acceptors (Lipinski definition) is 6. The van der Waals surface area contributed by atoms with E-state index in [0.29, 0.717) is 33.7 Å². The highest BCUT2D eigenvalue weighted by molar-refractivity contribution is 7.92. The fourth-order valence-corrected chi connectivity index (χ4v) is 5.30. The van der Waals surface area contributed by atoms with Crippen molar-refractivity contribution in [3.05, 3.63) is 77.6 Å². The molecule has 0 radical (unpaired) electrons. The second kappa shape index (κ2) is 9.53. The number of aromatic carboxylic acids is 1. The number of halogens is 1. The number of benzene rings is 3. The third kappa shape index (κ3) is 5.03. The summed E-state index contributed by atoms with van der Waals surface area (Å²) in [5.41, 5.74) is 1.79. The zero-order valence-corrected chi connectivity index (χ0v) is 20.7. The van der Waals surface area contributed by atoms with Gasteiger partial charge in [-0.15, -0.1) is 0 Å². The topological polar surface area (TPSA) is 117 Å². The molecule has 5 rings (SSSR count). The first-order chi connectivity index (χ1) is 17.7. The van der Waals surface area contributed by atoms with E-state index < -0.39 is 16.0 Å². The van der Waals surface area contributed by atoms with E-state index >= 15 is 0 Å². The normalized spacial score (nSPS) is 13.6. The average molecular weight is 526 g/mol. The van der Waals surface area contributed by atoms with Crippen LogP contribution in [0.5, 0.6) is 11.5 Å². The summed E-state index contributed by atoms with van der Waals surface area (Å²) in [6.45, 7) is -0.496. The molecule has 1 saturated carbocycles. The van der Waals surface area contributed by atoms with Gasteiger partial charge >= 0.3 is 5.97 Å². The zero-order valence-electron chi connectivity index (χ0n) is 19.8. The second-order valence-electron chi connectivity index (χ2n) is 8.93. The molecule has 192 valence electrons. The van der Waals surface area contributed by atoms with E-state index in [1.54, 1.807) is 36.4 Å². The molecule has 0 atom stereocenters. The van der Waals surface area contributed by atoms with Gasteiger partial charge in [0, 0.05) is 17.0 Å². The third-order valence-electron chi connectivity index (χ3n) is 6.21. The summed E-state index contributed by atoms with van der Waals surface area (Å²) in [6, 6.07) is 15.4. The smallest absolute Gasteiger partial charge is 0.340 e. The van der Waals surface area contributed by atoms with Crippen molar-refractivity contribution in [2.45, 2.75) is 18.8 Å². The Bertz CT molecular complexity index is 1570. The molecule has 0 spiro atoms. The number of ether oxygens (including phenoxy) is 1. The summed E-state index contributed by atoms with van der Waals surface area (Å²) in [6.07, 6.45) is 2.78. The monoisotopic (exact) mass is 525 g/mol. The van der Waals surface area contributed by atoms with E-state index in [0.717, 1.165) is 23.4 Å². The summed E-state index contributed by atoms with van der Waals surface area (Å²) in [7, 11) is -3.70. The van der Waals surface area contributed by atoms with Crippen LogP contribution in [0.1, 0.15) is 34.7 Å². The number of carboxylic acid groups (broad SMARTS) is 1. The van der Waals surface area contributed by atoms with Crippen LogP contribution in [-0.2, 0) is 10.0 Å². The van der Waals surface area contributed by atoms with Gasteiger partial charge in [-0.05, 0) is 78.9 Å². The van der Waals surface area contributed by atoms with Crippen molar-refractivity contribution in [2.24, 2.45) is 0 Å². The highest BCUT2D eigenvalue weighted by Gasteiger charge is 2.33. The molecule has 0 amide bonds. The van der Waals surface area contributed by atoms with Crippen molar-refractivity contribution < 1.29 is 37.0 Å². The quantitative estimate of drug-likeness (QED) is 0.302. The van der Waals surface area contributed by atoms with E-state index in [1.807, 2.05) is 0 Å². The number of hydrogen-bond donors (Lipinski definition) is 2. The molecule has 10 heteroatoms. The van der Waals surface area contributed by atoms with Crippen LogP contribution in [0.2, 0.25) is 0 Å². The Morgan fingerprint density at radius 2 is 1.70 bits per heavy atom. The van der Waals surface area contributed by atoms with Crippen molar-refractivity contribution in [3.8, 4) is 22.8 Å². The van der Waals surface area contributed by atoms with Gasteiger partial charge in [0.2, 0.25) is 10.0 Å². The molecule has 0 saturated heterocycles. The summed E-state index contributed by atoms with van der Waals surface area (Å²) in [5, 5.41) is 19.9. The van der Waals surface area contributed by atoms with Gasteiger partial charge in [0.05, 0.1) is 25.1 Å². The molecule has 1 aliphatic rings. The number of carboxylic acids is 1. The van der Waals surface area contributed by atoms with E-state index in [4.69, 9.17) is 9.15 Å². The Labute approximate surface area is 212 Å². The van der Waals surface area contributed by atoms with Crippen molar-refractivity contribution in [3.63, 3.8) is 0 Å². The van der Waals surface area contributed by atoms with Gasteiger partial charge in [0.1, 0.15) is 34.2 Å². The molecule has 1 aromatic heterocycles. The molecule has 1 heterocycles. The van der Waals surface area contributed by atoms with Gasteiger partial charge in [0.25, 0.3) is 0 Å². The van der Waals surface area contributed by atoms with E-state index in [9.17, 15) is 27.8 Å². The minimum Gasteiger partial charge on any atom is -0.478 e. The summed E-state index contributed by atoms with van der Waals surface area (Å²) >= 11 is 0. The predicted octanol–water partition coefficient (Wildman–Crippen LogP) is 5.37. The van der Waals surface area contributed by atoms with Crippen molar-refractivity contribution in [2.75, 3.05) is 23.7 Å². The van der Waals surface area contributed by atoms with Crippen molar-refractivity contribution in [1.29, 1.82) is 0 Å². The SMILES string of the molecule is CS(=O)(=O)N(CCO)c1cc2oc(-c3ccc(Oc4ccc(F)cc4)cc3)c(C(=O)O)c2cc1C1CC1. The lowest BCUT2D eigenvalue weighted by Gasteiger charge is -2.24.